The lowest BCUT2D eigenvalue weighted by molar-refractivity contribution is -0.148. The number of hydrogen-bond donors (Lipinski definition) is 0. The monoisotopic (exact) mass is 162 g/mol. The maximum atomic E-state index is 11.5. The molecule has 3 rings (SSSR count). The van der Waals surface area contributed by atoms with Gasteiger partial charge in [-0.25, -0.2) is 0 Å². The summed E-state index contributed by atoms with van der Waals surface area (Å²) in [7, 11) is 1.48. The van der Waals surface area contributed by atoms with Crippen LogP contribution in [0, 0.1) is 23.2 Å². The minimum absolute atomic E-state index is 0.0301. The SMILES string of the molecule is COC(=O)C12C3C=C[C@@H]1[C@@H]2C=C3. The first-order valence-electron chi connectivity index (χ1n) is 4.27. The van der Waals surface area contributed by atoms with Crippen molar-refractivity contribution in [1.29, 1.82) is 0 Å². The summed E-state index contributed by atoms with van der Waals surface area (Å²) in [4.78, 5) is 11.5. The molecule has 0 aromatic rings. The summed E-state index contributed by atoms with van der Waals surface area (Å²) in [6, 6.07) is 0. The quantitative estimate of drug-likeness (QED) is 0.427. The Morgan fingerprint density at radius 2 is 1.83 bits per heavy atom. The molecule has 0 radical (unpaired) electrons. The molecule has 0 N–H and O–H groups in total. The van der Waals surface area contributed by atoms with Crippen LogP contribution in [0.5, 0.6) is 0 Å². The first kappa shape index (κ1) is 6.46. The molecule has 2 heteroatoms. The van der Waals surface area contributed by atoms with Gasteiger partial charge in [0.1, 0.15) is 0 Å². The number of carbonyl (C=O) groups excluding carboxylic acids is 1. The summed E-state index contributed by atoms with van der Waals surface area (Å²) >= 11 is 0. The number of hydrogen-bond acceptors (Lipinski definition) is 2. The average molecular weight is 162 g/mol. The van der Waals surface area contributed by atoms with Gasteiger partial charge in [0.25, 0.3) is 0 Å². The molecular weight excluding hydrogens is 152 g/mol. The molecule has 12 heavy (non-hydrogen) atoms. The molecular formula is C10H10O2. The number of esters is 1. The van der Waals surface area contributed by atoms with E-state index in [1.54, 1.807) is 0 Å². The fraction of sp³-hybridized carbons (Fsp3) is 0.500. The van der Waals surface area contributed by atoms with Crippen molar-refractivity contribution in [3.8, 4) is 0 Å². The van der Waals surface area contributed by atoms with Gasteiger partial charge >= 0.3 is 5.97 Å². The van der Waals surface area contributed by atoms with Gasteiger partial charge in [0.15, 0.2) is 0 Å². The number of fused-ring (bicyclic) bond motifs is 1. The maximum absolute atomic E-state index is 11.5. The van der Waals surface area contributed by atoms with E-state index in [1.165, 1.54) is 7.11 Å². The standard InChI is InChI=1S/C10H10O2/c1-12-9(11)10-6-2-4-7(10)8(10)5-3-6/h2-8H,1H3/t6?,7-,8+,10?. The van der Waals surface area contributed by atoms with E-state index in [0.29, 0.717) is 17.8 Å². The Hall–Kier alpha value is -1.05. The molecule has 3 aliphatic carbocycles. The Morgan fingerprint density at radius 3 is 2.25 bits per heavy atom. The minimum atomic E-state index is -0.186. The van der Waals surface area contributed by atoms with Gasteiger partial charge < -0.3 is 4.74 Å². The van der Waals surface area contributed by atoms with Gasteiger partial charge in [-0.3, -0.25) is 4.79 Å². The number of rotatable bonds is 1. The summed E-state index contributed by atoms with van der Waals surface area (Å²) in [5.74, 6) is 1.18. The van der Waals surface area contributed by atoms with Gasteiger partial charge in [-0.15, -0.1) is 0 Å². The molecule has 1 fully saturated rings. The molecule has 0 bridgehead atoms. The zero-order valence-electron chi connectivity index (χ0n) is 6.86. The molecule has 4 atom stereocenters. The Bertz CT molecular complexity index is 294. The van der Waals surface area contributed by atoms with E-state index < -0.39 is 0 Å². The van der Waals surface area contributed by atoms with E-state index in [1.807, 2.05) is 0 Å². The predicted octanol–water partition coefficient (Wildman–Crippen LogP) is 1.15. The van der Waals surface area contributed by atoms with Crippen LogP contribution in [0.2, 0.25) is 0 Å². The third kappa shape index (κ3) is 0.414. The second-order valence-corrected chi connectivity index (χ2v) is 3.77. The van der Waals surface area contributed by atoms with Crippen LogP contribution in [0.1, 0.15) is 0 Å². The van der Waals surface area contributed by atoms with Crippen molar-refractivity contribution in [3.05, 3.63) is 24.3 Å². The maximum Gasteiger partial charge on any atom is 0.313 e. The first-order chi connectivity index (χ1) is 5.81. The summed E-state index contributed by atoms with van der Waals surface area (Å²) in [5, 5.41) is 0. The lowest BCUT2D eigenvalue weighted by atomic mass is 9.93. The molecule has 0 amide bonds. The molecule has 2 unspecified atom stereocenters. The predicted molar refractivity (Wildman–Crippen MR) is 43.2 cm³/mol. The Kier molecular flexibility index (Phi) is 0.891. The molecule has 62 valence electrons. The van der Waals surface area contributed by atoms with Gasteiger partial charge in [0.2, 0.25) is 0 Å². The van der Waals surface area contributed by atoms with E-state index >= 15 is 0 Å². The van der Waals surface area contributed by atoms with Gasteiger partial charge in [-0.2, -0.15) is 0 Å². The molecule has 0 aromatic heterocycles. The molecule has 0 heterocycles. The highest BCUT2D eigenvalue weighted by Crippen LogP contribution is 2.72. The number of carbonyl (C=O) groups is 1. The van der Waals surface area contributed by atoms with Gasteiger partial charge in [-0.05, 0) is 0 Å². The highest BCUT2D eigenvalue weighted by Gasteiger charge is 2.75. The molecule has 0 aliphatic heterocycles. The summed E-state index contributed by atoms with van der Waals surface area (Å²) in [6.45, 7) is 0. The largest absolute Gasteiger partial charge is 0.469 e. The second-order valence-electron chi connectivity index (χ2n) is 3.77. The Labute approximate surface area is 70.9 Å². The summed E-state index contributed by atoms with van der Waals surface area (Å²) < 4.78 is 4.84. The van der Waals surface area contributed by atoms with E-state index in [-0.39, 0.29) is 11.4 Å². The summed E-state index contributed by atoms with van der Waals surface area (Å²) in [6.07, 6.45) is 8.57. The molecule has 0 aromatic carbocycles. The van der Waals surface area contributed by atoms with Crippen LogP contribution in [0.3, 0.4) is 0 Å². The molecule has 1 saturated carbocycles. The highest BCUT2D eigenvalue weighted by molar-refractivity contribution is 5.86. The van der Waals surface area contributed by atoms with Crippen molar-refractivity contribution in [2.45, 2.75) is 0 Å². The fourth-order valence-corrected chi connectivity index (χ4v) is 2.91. The number of allylic oxidation sites excluding steroid dienone is 4. The minimum Gasteiger partial charge on any atom is -0.469 e. The van der Waals surface area contributed by atoms with Crippen LogP contribution in [-0.2, 0) is 9.53 Å². The van der Waals surface area contributed by atoms with E-state index in [0.717, 1.165) is 0 Å². The Morgan fingerprint density at radius 1 is 1.25 bits per heavy atom. The van der Waals surface area contributed by atoms with Crippen LogP contribution in [0.4, 0.5) is 0 Å². The normalized spacial score (nSPS) is 50.9. The number of ether oxygens (including phenoxy) is 1. The zero-order valence-corrected chi connectivity index (χ0v) is 6.86. The van der Waals surface area contributed by atoms with Gasteiger partial charge in [-0.1, -0.05) is 24.3 Å². The lowest BCUT2D eigenvalue weighted by Crippen LogP contribution is -2.23. The molecule has 0 spiro atoms. The van der Waals surface area contributed by atoms with Crippen LogP contribution < -0.4 is 0 Å². The van der Waals surface area contributed by atoms with Crippen LogP contribution in [0.15, 0.2) is 24.3 Å². The highest BCUT2D eigenvalue weighted by atomic mass is 16.5. The average Bonchev–Trinajstić information content (AvgIpc) is 2.47. The lowest BCUT2D eigenvalue weighted by Gasteiger charge is -2.13. The van der Waals surface area contributed by atoms with E-state index in [4.69, 9.17) is 4.74 Å². The third-order valence-corrected chi connectivity index (χ3v) is 3.52. The second kappa shape index (κ2) is 1.65. The van der Waals surface area contributed by atoms with Crippen molar-refractivity contribution in [2.75, 3.05) is 7.11 Å². The molecule has 2 nitrogen and oxygen atoms in total. The van der Waals surface area contributed by atoms with Crippen molar-refractivity contribution >= 4 is 5.97 Å². The van der Waals surface area contributed by atoms with Crippen molar-refractivity contribution in [3.63, 3.8) is 0 Å². The van der Waals surface area contributed by atoms with E-state index in [9.17, 15) is 4.79 Å². The molecule has 3 aliphatic rings. The van der Waals surface area contributed by atoms with Crippen LogP contribution in [0.25, 0.3) is 0 Å². The van der Waals surface area contributed by atoms with Crippen LogP contribution in [-0.4, -0.2) is 13.1 Å². The third-order valence-electron chi connectivity index (χ3n) is 3.52. The topological polar surface area (TPSA) is 26.3 Å². The van der Waals surface area contributed by atoms with Gasteiger partial charge in [0, 0.05) is 17.8 Å². The Balaban J connectivity index is 2.04. The zero-order chi connectivity index (χ0) is 8.34. The van der Waals surface area contributed by atoms with Crippen LogP contribution >= 0.6 is 0 Å². The fourth-order valence-electron chi connectivity index (χ4n) is 2.91. The first-order valence-corrected chi connectivity index (χ1v) is 4.27. The van der Waals surface area contributed by atoms with Crippen molar-refractivity contribution in [1.82, 2.24) is 0 Å². The number of methoxy groups -OCH3 is 1. The molecule has 0 saturated heterocycles. The van der Waals surface area contributed by atoms with Crippen molar-refractivity contribution in [2.24, 2.45) is 23.2 Å². The smallest absolute Gasteiger partial charge is 0.313 e. The van der Waals surface area contributed by atoms with Gasteiger partial charge in [0.05, 0.1) is 12.5 Å². The summed E-state index contributed by atoms with van der Waals surface area (Å²) in [5.41, 5.74) is -0.186. The van der Waals surface area contributed by atoms with Crippen molar-refractivity contribution < 1.29 is 9.53 Å². The van der Waals surface area contributed by atoms with E-state index in [2.05, 4.69) is 24.3 Å².